The molecule has 1 aromatic rings. The molecule has 1 aromatic carbocycles. The maximum atomic E-state index is 12.3. The number of likely N-dealkylation sites (N-methyl/N-ethyl adjacent to an activating group) is 1. The van der Waals surface area contributed by atoms with E-state index in [1.165, 1.54) is 19.1 Å². The van der Waals surface area contributed by atoms with Gasteiger partial charge in [-0.2, -0.15) is 4.72 Å². The Balaban J connectivity index is 3.03. The number of carbonyl (C=O) groups excluding carboxylic acids is 1. The highest BCUT2D eigenvalue weighted by Crippen LogP contribution is 2.27. The lowest BCUT2D eigenvalue weighted by atomic mass is 10.3. The molecule has 0 aliphatic rings. The number of nitrogens with two attached hydrogens (primary N) is 1. The van der Waals surface area contributed by atoms with Crippen LogP contribution < -0.4 is 10.5 Å². The third-order valence-corrected chi connectivity index (χ3v) is 5.13. The number of hydrogen-bond donors (Lipinski definition) is 2. The van der Waals surface area contributed by atoms with Gasteiger partial charge < -0.3 is 10.6 Å². The highest BCUT2D eigenvalue weighted by molar-refractivity contribution is 7.89. The van der Waals surface area contributed by atoms with Crippen LogP contribution in [-0.4, -0.2) is 38.4 Å². The molecule has 6 nitrogen and oxygen atoms in total. The Bertz CT molecular complexity index is 595. The molecule has 3 N–H and O–H groups in total. The van der Waals surface area contributed by atoms with Gasteiger partial charge in [-0.3, -0.25) is 4.79 Å². The first-order valence-electron chi connectivity index (χ1n) is 6.59. The lowest BCUT2D eigenvalue weighted by molar-refractivity contribution is -0.132. The third kappa shape index (κ3) is 4.09. The molecule has 0 saturated heterocycles. The zero-order chi connectivity index (χ0) is 16.2. The number of nitrogens with zero attached hydrogens (tertiary/aromatic N) is 1. The number of anilines is 1. The monoisotopic (exact) mass is 333 g/mol. The number of nitrogen functional groups attached to an aromatic ring is 1. The summed E-state index contributed by atoms with van der Waals surface area (Å²) in [7, 11) is -3.97. The van der Waals surface area contributed by atoms with Gasteiger partial charge in [-0.05, 0) is 32.9 Å². The van der Waals surface area contributed by atoms with E-state index >= 15 is 0 Å². The number of benzene rings is 1. The van der Waals surface area contributed by atoms with Crippen LogP contribution in [0.4, 0.5) is 5.69 Å². The van der Waals surface area contributed by atoms with Gasteiger partial charge in [0.1, 0.15) is 4.90 Å². The smallest absolute Gasteiger partial charge is 0.244 e. The molecule has 1 rings (SSSR count). The average Bonchev–Trinajstić information content (AvgIpc) is 2.38. The van der Waals surface area contributed by atoms with Gasteiger partial charge in [0.05, 0.1) is 16.8 Å². The summed E-state index contributed by atoms with van der Waals surface area (Å²) in [6.07, 6.45) is 0. The molecule has 0 aliphatic carbocycles. The third-order valence-electron chi connectivity index (χ3n) is 3.04. The average molecular weight is 334 g/mol. The Hall–Kier alpha value is -1.31. The van der Waals surface area contributed by atoms with Crippen LogP contribution in [-0.2, 0) is 14.8 Å². The van der Waals surface area contributed by atoms with E-state index in [1.807, 2.05) is 13.8 Å². The number of amides is 1. The first-order chi connectivity index (χ1) is 9.74. The number of rotatable bonds is 6. The second kappa shape index (κ2) is 7.11. The van der Waals surface area contributed by atoms with Crippen LogP contribution in [0, 0.1) is 0 Å². The van der Waals surface area contributed by atoms with Crippen molar-refractivity contribution >= 4 is 33.2 Å². The molecule has 0 saturated carbocycles. The van der Waals surface area contributed by atoms with Crippen molar-refractivity contribution in [2.24, 2.45) is 0 Å². The van der Waals surface area contributed by atoms with Crippen LogP contribution in [0.3, 0.4) is 0 Å². The van der Waals surface area contributed by atoms with Crippen molar-refractivity contribution in [1.82, 2.24) is 9.62 Å². The second-order valence-electron chi connectivity index (χ2n) is 4.51. The van der Waals surface area contributed by atoms with Gasteiger partial charge in [-0.1, -0.05) is 17.7 Å². The minimum Gasteiger partial charge on any atom is -0.398 e. The molecule has 0 fully saturated rings. The molecular formula is C13H20ClN3O3S. The first kappa shape index (κ1) is 17.7. The lowest BCUT2D eigenvalue weighted by Gasteiger charge is -2.23. The standard InChI is InChI=1S/C13H20ClN3O3S/c1-4-17(5-2)13(18)9(3)16-21(19,20)12-10(14)7-6-8-11(12)15/h6-9,16H,4-5,15H2,1-3H3. The Morgan fingerprint density at radius 2 is 1.95 bits per heavy atom. The largest absolute Gasteiger partial charge is 0.398 e. The number of carbonyl (C=O) groups is 1. The molecule has 0 heterocycles. The minimum absolute atomic E-state index is 0.0185. The highest BCUT2D eigenvalue weighted by Gasteiger charge is 2.27. The van der Waals surface area contributed by atoms with E-state index in [-0.39, 0.29) is 21.5 Å². The van der Waals surface area contributed by atoms with E-state index in [0.29, 0.717) is 13.1 Å². The fourth-order valence-electron chi connectivity index (χ4n) is 1.96. The zero-order valence-corrected chi connectivity index (χ0v) is 13.8. The summed E-state index contributed by atoms with van der Waals surface area (Å²) >= 11 is 5.90. The Morgan fingerprint density at radius 1 is 1.38 bits per heavy atom. The maximum absolute atomic E-state index is 12.3. The van der Waals surface area contributed by atoms with E-state index in [4.69, 9.17) is 17.3 Å². The molecular weight excluding hydrogens is 314 g/mol. The lowest BCUT2D eigenvalue weighted by Crippen LogP contribution is -2.46. The predicted octanol–water partition coefficient (Wildman–Crippen LogP) is 1.46. The van der Waals surface area contributed by atoms with E-state index in [9.17, 15) is 13.2 Å². The molecule has 1 amide bonds. The zero-order valence-electron chi connectivity index (χ0n) is 12.3. The molecule has 0 aromatic heterocycles. The summed E-state index contributed by atoms with van der Waals surface area (Å²) in [5, 5.41) is 0.0185. The van der Waals surface area contributed by atoms with Crippen molar-refractivity contribution in [2.75, 3.05) is 18.8 Å². The SMILES string of the molecule is CCN(CC)C(=O)C(C)NS(=O)(=O)c1c(N)cccc1Cl. The van der Waals surface area contributed by atoms with Gasteiger partial charge in [0.2, 0.25) is 15.9 Å². The van der Waals surface area contributed by atoms with Gasteiger partial charge in [0.15, 0.2) is 0 Å². The van der Waals surface area contributed by atoms with Gasteiger partial charge in [-0.25, -0.2) is 8.42 Å². The highest BCUT2D eigenvalue weighted by atomic mass is 35.5. The quantitative estimate of drug-likeness (QED) is 0.771. The predicted molar refractivity (Wildman–Crippen MR) is 83.6 cm³/mol. The van der Waals surface area contributed by atoms with Crippen LogP contribution in [0.1, 0.15) is 20.8 Å². The molecule has 0 bridgehead atoms. The molecule has 0 spiro atoms. The van der Waals surface area contributed by atoms with E-state index in [1.54, 1.807) is 11.0 Å². The summed E-state index contributed by atoms with van der Waals surface area (Å²) in [6, 6.07) is 3.53. The van der Waals surface area contributed by atoms with Crippen molar-refractivity contribution < 1.29 is 13.2 Å². The van der Waals surface area contributed by atoms with Gasteiger partial charge in [0, 0.05) is 13.1 Å². The van der Waals surface area contributed by atoms with Crippen molar-refractivity contribution in [3.63, 3.8) is 0 Å². The molecule has 1 atom stereocenters. The van der Waals surface area contributed by atoms with Crippen molar-refractivity contribution in [2.45, 2.75) is 31.7 Å². The van der Waals surface area contributed by atoms with Crippen molar-refractivity contribution in [1.29, 1.82) is 0 Å². The summed E-state index contributed by atoms with van der Waals surface area (Å²) in [5.74, 6) is -0.297. The van der Waals surface area contributed by atoms with E-state index in [2.05, 4.69) is 4.72 Å². The Labute approximate surface area is 130 Å². The normalized spacial score (nSPS) is 13.0. The number of nitrogens with one attached hydrogen (secondary N) is 1. The number of halogens is 1. The first-order valence-corrected chi connectivity index (χ1v) is 8.45. The molecule has 0 radical (unpaired) electrons. The van der Waals surface area contributed by atoms with E-state index < -0.39 is 16.1 Å². The van der Waals surface area contributed by atoms with Crippen molar-refractivity contribution in [3.8, 4) is 0 Å². The van der Waals surface area contributed by atoms with Crippen LogP contribution >= 0.6 is 11.6 Å². The van der Waals surface area contributed by atoms with Crippen LogP contribution in [0.25, 0.3) is 0 Å². The molecule has 21 heavy (non-hydrogen) atoms. The summed E-state index contributed by atoms with van der Waals surface area (Å²) in [6.45, 7) is 6.17. The summed E-state index contributed by atoms with van der Waals surface area (Å²) in [5.41, 5.74) is 5.71. The van der Waals surface area contributed by atoms with Gasteiger partial charge in [0.25, 0.3) is 0 Å². The molecule has 8 heteroatoms. The summed E-state index contributed by atoms with van der Waals surface area (Å²) < 4.78 is 27.0. The molecule has 118 valence electrons. The van der Waals surface area contributed by atoms with Gasteiger partial charge >= 0.3 is 0 Å². The minimum atomic E-state index is -3.97. The maximum Gasteiger partial charge on any atom is 0.244 e. The molecule has 1 unspecified atom stereocenters. The second-order valence-corrected chi connectivity index (χ2v) is 6.57. The number of hydrogen-bond acceptors (Lipinski definition) is 4. The van der Waals surface area contributed by atoms with Crippen LogP contribution in [0.15, 0.2) is 23.1 Å². The Morgan fingerprint density at radius 3 is 2.43 bits per heavy atom. The molecule has 0 aliphatic heterocycles. The van der Waals surface area contributed by atoms with Gasteiger partial charge in [-0.15, -0.1) is 0 Å². The Kier molecular flexibility index (Phi) is 6.00. The summed E-state index contributed by atoms with van der Waals surface area (Å²) in [4.78, 5) is 13.5. The van der Waals surface area contributed by atoms with Crippen molar-refractivity contribution in [3.05, 3.63) is 23.2 Å². The fourth-order valence-corrected chi connectivity index (χ4v) is 3.83. The fraction of sp³-hybridized carbons (Fsp3) is 0.462. The van der Waals surface area contributed by atoms with Crippen LogP contribution in [0.2, 0.25) is 5.02 Å². The topological polar surface area (TPSA) is 92.5 Å². The number of sulfonamides is 1. The van der Waals surface area contributed by atoms with E-state index in [0.717, 1.165) is 0 Å². The van der Waals surface area contributed by atoms with Crippen LogP contribution in [0.5, 0.6) is 0 Å².